The summed E-state index contributed by atoms with van der Waals surface area (Å²) in [7, 11) is 0. The SMILES string of the molecule is CC(=O)Nc1ccc(-c2c(CC#N)cn3ncnc(N)c23)cc1F. The molecule has 8 heteroatoms. The van der Waals surface area contributed by atoms with E-state index in [1.807, 2.05) is 0 Å². The Hall–Kier alpha value is -3.47. The van der Waals surface area contributed by atoms with Gasteiger partial charge in [0.2, 0.25) is 5.91 Å². The van der Waals surface area contributed by atoms with Gasteiger partial charge in [0.15, 0.2) is 5.82 Å². The Kier molecular flexibility index (Phi) is 3.83. The average Bonchev–Trinajstić information content (AvgIpc) is 2.89. The summed E-state index contributed by atoms with van der Waals surface area (Å²) in [6, 6.07) is 6.47. The van der Waals surface area contributed by atoms with Crippen LogP contribution in [0.2, 0.25) is 0 Å². The number of carbonyl (C=O) groups is 1. The monoisotopic (exact) mass is 324 g/mol. The molecule has 0 spiro atoms. The van der Waals surface area contributed by atoms with Gasteiger partial charge in [-0.25, -0.2) is 13.9 Å². The van der Waals surface area contributed by atoms with E-state index in [9.17, 15) is 9.18 Å². The third-order valence-corrected chi connectivity index (χ3v) is 3.52. The van der Waals surface area contributed by atoms with Crippen LogP contribution < -0.4 is 11.1 Å². The van der Waals surface area contributed by atoms with Crippen LogP contribution in [-0.4, -0.2) is 20.5 Å². The van der Waals surface area contributed by atoms with Crippen molar-refractivity contribution in [2.24, 2.45) is 0 Å². The van der Waals surface area contributed by atoms with Gasteiger partial charge < -0.3 is 11.1 Å². The molecule has 3 aromatic rings. The minimum absolute atomic E-state index is 0.0841. The van der Waals surface area contributed by atoms with Gasteiger partial charge in [0.05, 0.1) is 18.2 Å². The molecule has 0 fully saturated rings. The second-order valence-electron chi connectivity index (χ2n) is 5.18. The number of benzene rings is 1. The molecule has 7 nitrogen and oxygen atoms in total. The van der Waals surface area contributed by atoms with Gasteiger partial charge in [-0.2, -0.15) is 10.4 Å². The minimum atomic E-state index is -0.583. The van der Waals surface area contributed by atoms with E-state index in [2.05, 4.69) is 21.5 Å². The highest BCUT2D eigenvalue weighted by molar-refractivity contribution is 5.92. The zero-order chi connectivity index (χ0) is 17.3. The third kappa shape index (κ3) is 2.63. The van der Waals surface area contributed by atoms with Crippen LogP contribution in [-0.2, 0) is 11.2 Å². The van der Waals surface area contributed by atoms with Crippen molar-refractivity contribution in [3.05, 3.63) is 42.1 Å². The summed E-state index contributed by atoms with van der Waals surface area (Å²) in [5.74, 6) is -0.713. The molecule has 0 aliphatic carbocycles. The number of hydrogen-bond acceptors (Lipinski definition) is 5. The molecule has 0 bridgehead atoms. The van der Waals surface area contributed by atoms with Crippen LogP contribution in [0.1, 0.15) is 12.5 Å². The van der Waals surface area contributed by atoms with Crippen LogP contribution >= 0.6 is 0 Å². The Balaban J connectivity index is 2.22. The van der Waals surface area contributed by atoms with Crippen molar-refractivity contribution in [2.75, 3.05) is 11.1 Å². The summed E-state index contributed by atoms with van der Waals surface area (Å²) >= 11 is 0. The summed E-state index contributed by atoms with van der Waals surface area (Å²) in [6.45, 7) is 1.30. The standard InChI is InChI=1S/C16H13FN6O/c1-9(24)22-13-3-2-10(6-12(13)17)14-11(4-5-18)7-23-15(14)16(19)20-8-21-23/h2-3,6-8H,4H2,1H3,(H,22,24)(H2,19,20,21). The van der Waals surface area contributed by atoms with Crippen molar-refractivity contribution in [1.29, 1.82) is 5.26 Å². The van der Waals surface area contributed by atoms with Crippen molar-refractivity contribution in [1.82, 2.24) is 14.6 Å². The third-order valence-electron chi connectivity index (χ3n) is 3.52. The van der Waals surface area contributed by atoms with Crippen LogP contribution in [0.4, 0.5) is 15.9 Å². The molecule has 3 N–H and O–H groups in total. The lowest BCUT2D eigenvalue weighted by atomic mass is 10.0. The molecule has 120 valence electrons. The van der Waals surface area contributed by atoms with Crippen LogP contribution in [0.5, 0.6) is 0 Å². The lowest BCUT2D eigenvalue weighted by Crippen LogP contribution is -2.07. The normalized spacial score (nSPS) is 10.5. The number of anilines is 2. The summed E-state index contributed by atoms with van der Waals surface area (Å²) in [6.07, 6.45) is 3.10. The molecule has 0 unspecified atom stereocenters. The highest BCUT2D eigenvalue weighted by Crippen LogP contribution is 2.34. The predicted octanol–water partition coefficient (Wildman–Crippen LogP) is 2.14. The number of hydrogen-bond donors (Lipinski definition) is 2. The Labute approximate surface area is 136 Å². The molecule has 24 heavy (non-hydrogen) atoms. The first-order chi connectivity index (χ1) is 11.5. The maximum absolute atomic E-state index is 14.3. The first-order valence-electron chi connectivity index (χ1n) is 7.06. The van der Waals surface area contributed by atoms with Gasteiger partial charge in [-0.3, -0.25) is 4.79 Å². The smallest absolute Gasteiger partial charge is 0.221 e. The number of nitrogen functional groups attached to an aromatic ring is 1. The van der Waals surface area contributed by atoms with Gasteiger partial charge in [-0.15, -0.1) is 0 Å². The molecule has 0 aliphatic rings. The van der Waals surface area contributed by atoms with Crippen molar-refractivity contribution < 1.29 is 9.18 Å². The van der Waals surface area contributed by atoms with Crippen molar-refractivity contribution >= 4 is 22.9 Å². The molecule has 2 heterocycles. The van der Waals surface area contributed by atoms with Crippen LogP contribution in [0.25, 0.3) is 16.6 Å². The first-order valence-corrected chi connectivity index (χ1v) is 7.06. The Morgan fingerprint density at radius 3 is 2.96 bits per heavy atom. The van der Waals surface area contributed by atoms with Crippen LogP contribution in [0.3, 0.4) is 0 Å². The summed E-state index contributed by atoms with van der Waals surface area (Å²) in [4.78, 5) is 15.0. The summed E-state index contributed by atoms with van der Waals surface area (Å²) in [5.41, 5.74) is 8.31. The van der Waals surface area contributed by atoms with Gasteiger partial charge in [-0.1, -0.05) is 6.07 Å². The molecule has 3 rings (SSSR count). The van der Waals surface area contributed by atoms with E-state index in [0.717, 1.165) is 0 Å². The number of fused-ring (bicyclic) bond motifs is 1. The van der Waals surface area contributed by atoms with E-state index >= 15 is 0 Å². The van der Waals surface area contributed by atoms with E-state index in [0.29, 0.717) is 22.2 Å². The fraction of sp³-hybridized carbons (Fsp3) is 0.125. The fourth-order valence-corrected chi connectivity index (χ4v) is 2.59. The Morgan fingerprint density at radius 2 is 2.29 bits per heavy atom. The minimum Gasteiger partial charge on any atom is -0.382 e. The van der Waals surface area contributed by atoms with E-state index < -0.39 is 5.82 Å². The zero-order valence-electron chi connectivity index (χ0n) is 12.7. The van der Waals surface area contributed by atoms with Crippen molar-refractivity contribution in [3.63, 3.8) is 0 Å². The van der Waals surface area contributed by atoms with E-state index in [-0.39, 0.29) is 23.8 Å². The number of aromatic nitrogens is 3. The lowest BCUT2D eigenvalue weighted by molar-refractivity contribution is -0.114. The topological polar surface area (TPSA) is 109 Å². The molecular weight excluding hydrogens is 311 g/mol. The fourth-order valence-electron chi connectivity index (χ4n) is 2.59. The molecule has 2 aromatic heterocycles. The maximum Gasteiger partial charge on any atom is 0.221 e. The molecule has 0 atom stereocenters. The molecule has 0 radical (unpaired) electrons. The highest BCUT2D eigenvalue weighted by Gasteiger charge is 2.17. The average molecular weight is 324 g/mol. The van der Waals surface area contributed by atoms with Gasteiger partial charge in [0.25, 0.3) is 0 Å². The Morgan fingerprint density at radius 1 is 1.50 bits per heavy atom. The number of halogens is 1. The van der Waals surface area contributed by atoms with Crippen LogP contribution in [0, 0.1) is 17.1 Å². The van der Waals surface area contributed by atoms with E-state index in [1.54, 1.807) is 12.3 Å². The molecule has 0 aliphatic heterocycles. The number of nitrogens with two attached hydrogens (primary N) is 1. The number of rotatable bonds is 3. The number of nitrogens with one attached hydrogen (secondary N) is 1. The van der Waals surface area contributed by atoms with E-state index in [1.165, 1.54) is 29.9 Å². The number of amides is 1. The largest absolute Gasteiger partial charge is 0.382 e. The molecule has 1 amide bonds. The predicted molar refractivity (Wildman–Crippen MR) is 86.4 cm³/mol. The van der Waals surface area contributed by atoms with Gasteiger partial charge in [0.1, 0.15) is 17.7 Å². The maximum atomic E-state index is 14.3. The van der Waals surface area contributed by atoms with Crippen molar-refractivity contribution in [2.45, 2.75) is 13.3 Å². The molecule has 0 saturated carbocycles. The van der Waals surface area contributed by atoms with E-state index in [4.69, 9.17) is 11.0 Å². The number of nitriles is 1. The Bertz CT molecular complexity index is 988. The summed E-state index contributed by atoms with van der Waals surface area (Å²) in [5, 5.41) is 15.5. The highest BCUT2D eigenvalue weighted by atomic mass is 19.1. The summed E-state index contributed by atoms with van der Waals surface area (Å²) < 4.78 is 15.8. The molecule has 1 aromatic carbocycles. The first kappa shape index (κ1) is 15.4. The van der Waals surface area contributed by atoms with Crippen LogP contribution in [0.15, 0.2) is 30.7 Å². The molecular formula is C16H13FN6O. The number of nitrogens with zero attached hydrogens (tertiary/aromatic N) is 4. The quantitative estimate of drug-likeness (QED) is 0.767. The lowest BCUT2D eigenvalue weighted by Gasteiger charge is -2.08. The van der Waals surface area contributed by atoms with Crippen molar-refractivity contribution in [3.8, 4) is 17.2 Å². The van der Waals surface area contributed by atoms with Gasteiger partial charge >= 0.3 is 0 Å². The number of carbonyl (C=O) groups excluding carboxylic acids is 1. The second kappa shape index (κ2) is 5.96. The molecule has 0 saturated heterocycles. The van der Waals surface area contributed by atoms with Gasteiger partial charge in [0, 0.05) is 18.7 Å². The zero-order valence-corrected chi connectivity index (χ0v) is 12.7. The van der Waals surface area contributed by atoms with Gasteiger partial charge in [-0.05, 0) is 23.3 Å². The second-order valence-corrected chi connectivity index (χ2v) is 5.18.